The third-order valence-electron chi connectivity index (χ3n) is 6.16. The molecule has 3 aromatic rings. The maximum Gasteiger partial charge on any atom is 0.229 e. The molecule has 0 spiro atoms. The molecule has 182 valence electrons. The lowest BCUT2D eigenvalue weighted by atomic mass is 9.95. The van der Waals surface area contributed by atoms with Crippen LogP contribution in [0.2, 0.25) is 0 Å². The first kappa shape index (κ1) is 24.2. The number of rotatable bonds is 10. The Kier molecular flexibility index (Phi) is 7.60. The number of aromatic hydroxyl groups is 1. The number of nitrogens with one attached hydrogen (secondary N) is 1. The molecular weight excluding hydrogens is 442 g/mol. The van der Waals surface area contributed by atoms with Gasteiger partial charge in [0.2, 0.25) is 6.79 Å². The monoisotopic (exact) mass is 473 g/mol. The van der Waals surface area contributed by atoms with Crippen molar-refractivity contribution in [3.63, 3.8) is 0 Å². The molecule has 0 amide bonds. The molecule has 0 saturated carbocycles. The van der Waals surface area contributed by atoms with Crippen LogP contribution < -0.4 is 10.1 Å². The second-order valence-corrected chi connectivity index (χ2v) is 8.89. The van der Waals surface area contributed by atoms with Crippen LogP contribution in [-0.4, -0.2) is 31.3 Å². The van der Waals surface area contributed by atoms with Gasteiger partial charge in [-0.2, -0.15) is 0 Å². The van der Waals surface area contributed by atoms with Crippen molar-refractivity contribution in [2.75, 3.05) is 25.8 Å². The zero-order valence-electron chi connectivity index (χ0n) is 20.3. The van der Waals surface area contributed by atoms with Gasteiger partial charge in [-0.05, 0) is 29.5 Å². The smallest absolute Gasteiger partial charge is 0.229 e. The summed E-state index contributed by atoms with van der Waals surface area (Å²) < 4.78 is 16.3. The van der Waals surface area contributed by atoms with Gasteiger partial charge in [0, 0.05) is 35.3 Å². The molecule has 0 radical (unpaired) electrons. The highest BCUT2D eigenvalue weighted by Crippen LogP contribution is 2.34. The highest BCUT2D eigenvalue weighted by molar-refractivity contribution is 6.12. The standard InChI is InChI=1S/C29H31NO5/c1-19(2)21-9-11-22(12-10-21)29(32)24-14-27(33-3)26(31)15-25(24)30-16-23(28-17-34-18-35-28)13-20-7-5-4-6-8-20/h4-12,14-15,17,19,23,30-31H,13,16,18H2,1-3H3. The highest BCUT2D eigenvalue weighted by atomic mass is 16.7. The summed E-state index contributed by atoms with van der Waals surface area (Å²) >= 11 is 0. The van der Waals surface area contributed by atoms with E-state index >= 15 is 0 Å². The Morgan fingerprint density at radius 3 is 2.46 bits per heavy atom. The van der Waals surface area contributed by atoms with E-state index in [-0.39, 0.29) is 30.0 Å². The summed E-state index contributed by atoms with van der Waals surface area (Å²) in [6, 6.07) is 20.9. The van der Waals surface area contributed by atoms with Gasteiger partial charge in [0.05, 0.1) is 7.11 Å². The average molecular weight is 474 g/mol. The third kappa shape index (κ3) is 5.77. The van der Waals surface area contributed by atoms with Crippen LogP contribution >= 0.6 is 0 Å². The van der Waals surface area contributed by atoms with Crippen LogP contribution in [0.15, 0.2) is 78.8 Å². The number of phenols is 1. The minimum atomic E-state index is -0.152. The van der Waals surface area contributed by atoms with E-state index in [1.165, 1.54) is 18.7 Å². The Morgan fingerprint density at radius 2 is 1.83 bits per heavy atom. The van der Waals surface area contributed by atoms with Crippen molar-refractivity contribution in [3.8, 4) is 11.5 Å². The van der Waals surface area contributed by atoms with E-state index in [9.17, 15) is 9.90 Å². The molecule has 6 heteroatoms. The summed E-state index contributed by atoms with van der Waals surface area (Å²) in [5.74, 6) is 1.14. The lowest BCUT2D eigenvalue weighted by Crippen LogP contribution is -2.21. The number of ketones is 1. The Labute approximate surface area is 206 Å². The number of hydrogen-bond acceptors (Lipinski definition) is 6. The van der Waals surface area contributed by atoms with Gasteiger partial charge in [0.15, 0.2) is 17.3 Å². The molecule has 1 atom stereocenters. The summed E-state index contributed by atoms with van der Waals surface area (Å²) in [4.78, 5) is 13.5. The number of methoxy groups -OCH3 is 1. The third-order valence-corrected chi connectivity index (χ3v) is 6.16. The van der Waals surface area contributed by atoms with E-state index in [2.05, 4.69) is 31.3 Å². The second-order valence-electron chi connectivity index (χ2n) is 8.89. The zero-order valence-corrected chi connectivity index (χ0v) is 20.3. The first-order valence-electron chi connectivity index (χ1n) is 11.7. The first-order valence-corrected chi connectivity index (χ1v) is 11.7. The van der Waals surface area contributed by atoms with E-state index in [4.69, 9.17) is 14.2 Å². The maximum absolute atomic E-state index is 13.5. The van der Waals surface area contributed by atoms with E-state index in [1.807, 2.05) is 42.5 Å². The summed E-state index contributed by atoms with van der Waals surface area (Å²) in [5, 5.41) is 13.8. The molecule has 0 bridgehead atoms. The normalized spacial score (nSPS) is 13.5. The summed E-state index contributed by atoms with van der Waals surface area (Å²) in [6.07, 6.45) is 2.37. The molecule has 1 aliphatic rings. The number of benzene rings is 3. The minimum absolute atomic E-state index is 0.0302. The molecule has 35 heavy (non-hydrogen) atoms. The van der Waals surface area contributed by atoms with E-state index in [1.54, 1.807) is 12.3 Å². The Morgan fingerprint density at radius 1 is 1.09 bits per heavy atom. The lowest BCUT2D eigenvalue weighted by molar-refractivity contribution is 0.0713. The quantitative estimate of drug-likeness (QED) is 0.359. The molecule has 1 aliphatic heterocycles. The first-order chi connectivity index (χ1) is 17.0. The SMILES string of the molecule is COc1cc(C(=O)c2ccc(C(C)C)cc2)c(NCC(Cc2ccccc2)C2=COCO2)cc1O. The Hall–Kier alpha value is -3.93. The number of hydrogen-bond donors (Lipinski definition) is 2. The number of carbonyl (C=O) groups excluding carboxylic acids is 1. The summed E-state index contributed by atoms with van der Waals surface area (Å²) in [5.41, 5.74) is 3.85. The molecule has 0 saturated heterocycles. The van der Waals surface area contributed by atoms with Gasteiger partial charge in [-0.15, -0.1) is 0 Å². The number of carbonyl (C=O) groups is 1. The molecule has 2 N–H and O–H groups in total. The molecular formula is C29H31NO5. The summed E-state index contributed by atoms with van der Waals surface area (Å²) in [7, 11) is 1.47. The van der Waals surface area contributed by atoms with Crippen LogP contribution in [0.4, 0.5) is 5.69 Å². The fourth-order valence-corrected chi connectivity index (χ4v) is 4.11. The molecule has 1 unspecified atom stereocenters. The van der Waals surface area contributed by atoms with Crippen molar-refractivity contribution in [1.29, 1.82) is 0 Å². The van der Waals surface area contributed by atoms with Crippen molar-refractivity contribution in [2.45, 2.75) is 26.2 Å². The van der Waals surface area contributed by atoms with Gasteiger partial charge < -0.3 is 24.6 Å². The topological polar surface area (TPSA) is 77.0 Å². The number of phenolic OH excluding ortho intramolecular Hbond substituents is 1. The van der Waals surface area contributed by atoms with Crippen LogP contribution in [0.5, 0.6) is 11.5 Å². The molecule has 0 aliphatic carbocycles. The fraction of sp³-hybridized carbons (Fsp3) is 0.276. The molecule has 0 fully saturated rings. The van der Waals surface area contributed by atoms with Crippen LogP contribution in [0, 0.1) is 5.92 Å². The average Bonchev–Trinajstić information content (AvgIpc) is 3.42. The Balaban J connectivity index is 1.61. The highest BCUT2D eigenvalue weighted by Gasteiger charge is 2.23. The maximum atomic E-state index is 13.5. The van der Waals surface area contributed by atoms with Crippen LogP contribution in [0.1, 0.15) is 46.8 Å². The van der Waals surface area contributed by atoms with Gasteiger partial charge in [-0.3, -0.25) is 4.79 Å². The van der Waals surface area contributed by atoms with Gasteiger partial charge in [0.25, 0.3) is 0 Å². The molecule has 1 heterocycles. The van der Waals surface area contributed by atoms with Gasteiger partial charge in [0.1, 0.15) is 12.0 Å². The summed E-state index contributed by atoms with van der Waals surface area (Å²) in [6.45, 7) is 4.90. The Bertz CT molecular complexity index is 1190. The zero-order chi connectivity index (χ0) is 24.8. The van der Waals surface area contributed by atoms with Gasteiger partial charge >= 0.3 is 0 Å². The predicted molar refractivity (Wildman–Crippen MR) is 136 cm³/mol. The second kappa shape index (κ2) is 11.0. The number of ether oxygens (including phenoxy) is 3. The van der Waals surface area contributed by atoms with Crippen molar-refractivity contribution >= 4 is 11.5 Å². The van der Waals surface area contributed by atoms with Gasteiger partial charge in [-0.25, -0.2) is 0 Å². The minimum Gasteiger partial charge on any atom is -0.504 e. The van der Waals surface area contributed by atoms with Crippen molar-refractivity contribution in [1.82, 2.24) is 0 Å². The molecule has 3 aromatic carbocycles. The van der Waals surface area contributed by atoms with Gasteiger partial charge in [-0.1, -0.05) is 68.4 Å². The van der Waals surface area contributed by atoms with Crippen molar-refractivity contribution < 1.29 is 24.1 Å². The molecule has 0 aromatic heterocycles. The lowest BCUT2D eigenvalue weighted by Gasteiger charge is -2.20. The van der Waals surface area contributed by atoms with Crippen LogP contribution in [0.3, 0.4) is 0 Å². The number of anilines is 1. The van der Waals surface area contributed by atoms with Crippen LogP contribution in [0.25, 0.3) is 0 Å². The molecule has 6 nitrogen and oxygen atoms in total. The largest absolute Gasteiger partial charge is 0.504 e. The van der Waals surface area contributed by atoms with E-state index < -0.39 is 0 Å². The van der Waals surface area contributed by atoms with Crippen LogP contribution in [-0.2, 0) is 15.9 Å². The van der Waals surface area contributed by atoms with Crippen molar-refractivity contribution in [2.24, 2.45) is 5.92 Å². The van der Waals surface area contributed by atoms with E-state index in [0.717, 1.165) is 17.7 Å². The van der Waals surface area contributed by atoms with Crippen molar-refractivity contribution in [3.05, 3.63) is 101 Å². The van der Waals surface area contributed by atoms with E-state index in [0.29, 0.717) is 29.3 Å². The molecule has 4 rings (SSSR count). The fourth-order valence-electron chi connectivity index (χ4n) is 4.11. The predicted octanol–water partition coefficient (Wildman–Crippen LogP) is 5.87.